The molecule has 0 saturated carbocycles. The van der Waals surface area contributed by atoms with Crippen molar-refractivity contribution < 1.29 is 14.0 Å². The van der Waals surface area contributed by atoms with Crippen molar-refractivity contribution in [2.75, 3.05) is 36.4 Å². The third-order valence-corrected chi connectivity index (χ3v) is 5.13. The number of carbonyl (C=O) groups is 2. The predicted molar refractivity (Wildman–Crippen MR) is 109 cm³/mol. The Hall–Kier alpha value is -2.89. The van der Waals surface area contributed by atoms with Crippen molar-refractivity contribution in [3.8, 4) is 0 Å². The van der Waals surface area contributed by atoms with E-state index in [4.69, 9.17) is 0 Å². The minimum atomic E-state index is -0.274. The van der Waals surface area contributed by atoms with Gasteiger partial charge in [-0.25, -0.2) is 4.39 Å². The molecule has 0 bridgehead atoms. The van der Waals surface area contributed by atoms with Crippen molar-refractivity contribution >= 4 is 23.2 Å². The lowest BCUT2D eigenvalue weighted by Gasteiger charge is -2.35. The molecule has 1 unspecified atom stereocenters. The number of carbonyl (C=O) groups excluding carboxylic acids is 2. The molecule has 2 amide bonds. The van der Waals surface area contributed by atoms with Crippen LogP contribution in [0.3, 0.4) is 0 Å². The minimum Gasteiger partial charge on any atom is -0.368 e. The molecular formula is C22H26FN3O2. The first kappa shape index (κ1) is 19.9. The van der Waals surface area contributed by atoms with Crippen LogP contribution in [-0.4, -0.2) is 42.9 Å². The quantitative estimate of drug-likeness (QED) is 0.862. The van der Waals surface area contributed by atoms with Crippen LogP contribution in [0, 0.1) is 11.7 Å². The Bertz CT molecular complexity index is 813. The highest BCUT2D eigenvalue weighted by Gasteiger charge is 2.19. The minimum absolute atomic E-state index is 0.0628. The van der Waals surface area contributed by atoms with E-state index in [1.807, 2.05) is 36.1 Å². The van der Waals surface area contributed by atoms with Crippen molar-refractivity contribution in [2.45, 2.75) is 20.3 Å². The van der Waals surface area contributed by atoms with Gasteiger partial charge in [-0.05, 0) is 48.4 Å². The molecule has 0 spiro atoms. The average Bonchev–Trinajstić information content (AvgIpc) is 2.70. The summed E-state index contributed by atoms with van der Waals surface area (Å²) in [6.07, 6.45) is 0.560. The number of benzene rings is 2. The van der Waals surface area contributed by atoms with E-state index in [0.29, 0.717) is 6.42 Å². The van der Waals surface area contributed by atoms with Gasteiger partial charge in [-0.2, -0.15) is 0 Å². The monoisotopic (exact) mass is 383 g/mol. The number of piperazine rings is 1. The molecule has 148 valence electrons. The Morgan fingerprint density at radius 1 is 1.00 bits per heavy atom. The van der Waals surface area contributed by atoms with Gasteiger partial charge < -0.3 is 15.1 Å². The van der Waals surface area contributed by atoms with E-state index in [1.165, 1.54) is 12.1 Å². The van der Waals surface area contributed by atoms with Crippen molar-refractivity contribution in [2.24, 2.45) is 5.92 Å². The maximum absolute atomic E-state index is 13.0. The molecule has 0 aliphatic carbocycles. The van der Waals surface area contributed by atoms with Crippen molar-refractivity contribution in [1.29, 1.82) is 0 Å². The molecule has 2 aromatic rings. The Morgan fingerprint density at radius 3 is 2.18 bits per heavy atom. The predicted octanol–water partition coefficient (Wildman–Crippen LogP) is 3.31. The lowest BCUT2D eigenvalue weighted by Crippen LogP contribution is -2.48. The normalized spacial score (nSPS) is 15.2. The summed E-state index contributed by atoms with van der Waals surface area (Å²) in [6.45, 7) is 6.54. The topological polar surface area (TPSA) is 52.7 Å². The van der Waals surface area contributed by atoms with E-state index in [-0.39, 0.29) is 23.5 Å². The standard InChI is InChI=1S/C22H26FN3O2/c1-16(15-18-3-5-19(23)6-4-18)22(28)24-20-7-9-21(10-8-20)26-13-11-25(12-14-26)17(2)27/h3-10,16H,11-15H2,1-2H3,(H,24,28). The zero-order chi connectivity index (χ0) is 20.1. The van der Waals surface area contributed by atoms with Crippen LogP contribution in [0.2, 0.25) is 0 Å². The maximum Gasteiger partial charge on any atom is 0.227 e. The Labute approximate surface area is 165 Å². The summed E-state index contributed by atoms with van der Waals surface area (Å²) in [6, 6.07) is 14.0. The number of hydrogen-bond acceptors (Lipinski definition) is 3. The van der Waals surface area contributed by atoms with Gasteiger partial charge in [0.25, 0.3) is 0 Å². The molecule has 1 fully saturated rings. The summed E-state index contributed by atoms with van der Waals surface area (Å²) in [7, 11) is 0. The fourth-order valence-corrected chi connectivity index (χ4v) is 3.37. The van der Waals surface area contributed by atoms with Gasteiger partial charge in [0.05, 0.1) is 0 Å². The summed E-state index contributed by atoms with van der Waals surface area (Å²) < 4.78 is 13.0. The Morgan fingerprint density at radius 2 is 1.61 bits per heavy atom. The number of rotatable bonds is 5. The highest BCUT2D eigenvalue weighted by Crippen LogP contribution is 2.20. The van der Waals surface area contributed by atoms with Gasteiger partial charge in [0.1, 0.15) is 5.82 Å². The molecule has 0 aromatic heterocycles. The van der Waals surface area contributed by atoms with E-state index < -0.39 is 0 Å². The largest absolute Gasteiger partial charge is 0.368 e. The molecule has 1 N–H and O–H groups in total. The molecule has 1 aliphatic heterocycles. The van der Waals surface area contributed by atoms with Crippen molar-refractivity contribution in [1.82, 2.24) is 4.90 Å². The van der Waals surface area contributed by atoms with Gasteiger partial charge >= 0.3 is 0 Å². The Kier molecular flexibility index (Phi) is 6.29. The van der Waals surface area contributed by atoms with E-state index >= 15 is 0 Å². The Balaban J connectivity index is 1.53. The molecule has 6 heteroatoms. The van der Waals surface area contributed by atoms with E-state index in [9.17, 15) is 14.0 Å². The van der Waals surface area contributed by atoms with Crippen LogP contribution in [0.25, 0.3) is 0 Å². The maximum atomic E-state index is 13.0. The summed E-state index contributed by atoms with van der Waals surface area (Å²) in [5.41, 5.74) is 2.77. The van der Waals surface area contributed by atoms with E-state index in [1.54, 1.807) is 19.1 Å². The number of nitrogens with zero attached hydrogens (tertiary/aromatic N) is 2. The number of halogens is 1. The highest BCUT2D eigenvalue weighted by atomic mass is 19.1. The van der Waals surface area contributed by atoms with Crippen LogP contribution in [-0.2, 0) is 16.0 Å². The number of hydrogen-bond donors (Lipinski definition) is 1. The highest BCUT2D eigenvalue weighted by molar-refractivity contribution is 5.92. The lowest BCUT2D eigenvalue weighted by atomic mass is 10.0. The molecule has 1 heterocycles. The third-order valence-electron chi connectivity index (χ3n) is 5.13. The third kappa shape index (κ3) is 5.09. The molecule has 28 heavy (non-hydrogen) atoms. The van der Waals surface area contributed by atoms with E-state index in [2.05, 4.69) is 10.2 Å². The van der Waals surface area contributed by atoms with Crippen LogP contribution in [0.15, 0.2) is 48.5 Å². The number of anilines is 2. The molecule has 0 radical (unpaired) electrons. The molecular weight excluding hydrogens is 357 g/mol. The van der Waals surface area contributed by atoms with Crippen molar-refractivity contribution in [3.05, 3.63) is 59.9 Å². The smallest absolute Gasteiger partial charge is 0.227 e. The molecule has 1 aliphatic rings. The van der Waals surface area contributed by atoms with Crippen LogP contribution in [0.5, 0.6) is 0 Å². The SMILES string of the molecule is CC(=O)N1CCN(c2ccc(NC(=O)C(C)Cc3ccc(F)cc3)cc2)CC1. The van der Waals surface area contributed by atoms with Crippen LogP contribution < -0.4 is 10.2 Å². The summed E-state index contributed by atoms with van der Waals surface area (Å²) >= 11 is 0. The van der Waals surface area contributed by atoms with Crippen molar-refractivity contribution in [3.63, 3.8) is 0 Å². The molecule has 2 aromatic carbocycles. The summed E-state index contributed by atoms with van der Waals surface area (Å²) in [5.74, 6) is -0.437. The van der Waals surface area contributed by atoms with Gasteiger partial charge in [-0.3, -0.25) is 9.59 Å². The van der Waals surface area contributed by atoms with Gasteiger partial charge in [0.15, 0.2) is 0 Å². The van der Waals surface area contributed by atoms with Crippen LogP contribution >= 0.6 is 0 Å². The first-order chi connectivity index (χ1) is 13.4. The average molecular weight is 383 g/mol. The van der Waals surface area contributed by atoms with E-state index in [0.717, 1.165) is 43.1 Å². The molecule has 3 rings (SSSR count). The zero-order valence-electron chi connectivity index (χ0n) is 16.3. The van der Waals surface area contributed by atoms with Gasteiger partial charge in [-0.15, -0.1) is 0 Å². The molecule has 1 atom stereocenters. The van der Waals surface area contributed by atoms with Gasteiger partial charge in [-0.1, -0.05) is 19.1 Å². The van der Waals surface area contributed by atoms with Gasteiger partial charge in [0, 0.05) is 50.4 Å². The summed E-state index contributed by atoms with van der Waals surface area (Å²) in [4.78, 5) is 28.0. The first-order valence-corrected chi connectivity index (χ1v) is 9.58. The second-order valence-corrected chi connectivity index (χ2v) is 7.26. The van der Waals surface area contributed by atoms with Crippen LogP contribution in [0.4, 0.5) is 15.8 Å². The van der Waals surface area contributed by atoms with Gasteiger partial charge in [0.2, 0.25) is 11.8 Å². The second-order valence-electron chi connectivity index (χ2n) is 7.26. The lowest BCUT2D eigenvalue weighted by molar-refractivity contribution is -0.129. The molecule has 5 nitrogen and oxygen atoms in total. The number of amides is 2. The number of nitrogens with one attached hydrogen (secondary N) is 1. The fraction of sp³-hybridized carbons (Fsp3) is 0.364. The molecule has 1 saturated heterocycles. The van der Waals surface area contributed by atoms with Crippen LogP contribution in [0.1, 0.15) is 19.4 Å². The fourth-order valence-electron chi connectivity index (χ4n) is 3.37. The first-order valence-electron chi connectivity index (χ1n) is 9.58. The second kappa shape index (κ2) is 8.87. The summed E-state index contributed by atoms with van der Waals surface area (Å²) in [5, 5.41) is 2.94. The zero-order valence-corrected chi connectivity index (χ0v) is 16.3.